The summed E-state index contributed by atoms with van der Waals surface area (Å²) in [6.45, 7) is 1.77. The summed E-state index contributed by atoms with van der Waals surface area (Å²) in [6.07, 6.45) is -2.80. The van der Waals surface area contributed by atoms with Gasteiger partial charge >= 0.3 is 12.1 Å². The van der Waals surface area contributed by atoms with E-state index >= 15 is 0 Å². The molecule has 0 fully saturated rings. The maximum atomic E-state index is 12.2. The van der Waals surface area contributed by atoms with Gasteiger partial charge in [-0.15, -0.1) is 0 Å². The molecule has 1 heterocycles. The van der Waals surface area contributed by atoms with E-state index in [4.69, 9.17) is 5.26 Å². The van der Waals surface area contributed by atoms with Crippen LogP contribution in [0.2, 0.25) is 0 Å². The normalized spacial score (nSPS) is 12.6. The van der Waals surface area contributed by atoms with E-state index in [1.165, 1.54) is 12.3 Å². The minimum atomic E-state index is -5.00. The molecular weight excluding hydrogens is 293 g/mol. The van der Waals surface area contributed by atoms with Gasteiger partial charge in [0.1, 0.15) is 11.8 Å². The summed E-state index contributed by atoms with van der Waals surface area (Å²) in [5.74, 6) is -2.20. The van der Waals surface area contributed by atoms with E-state index in [2.05, 4.69) is 9.72 Å². The molecule has 0 N–H and O–H groups in total. The van der Waals surface area contributed by atoms with Gasteiger partial charge in [0.2, 0.25) is 0 Å². The van der Waals surface area contributed by atoms with Crippen molar-refractivity contribution in [3.05, 3.63) is 24.0 Å². The van der Waals surface area contributed by atoms with Crippen LogP contribution in [0.5, 0.6) is 0 Å². The van der Waals surface area contributed by atoms with Gasteiger partial charge in [-0.1, -0.05) is 25.1 Å². The molecule has 1 atom stereocenters. The molecule has 1 unspecified atom stereocenters. The van der Waals surface area contributed by atoms with Gasteiger partial charge in [0.15, 0.2) is 5.44 Å². The third-order valence-corrected chi connectivity index (χ3v) is 3.22. The summed E-state index contributed by atoms with van der Waals surface area (Å²) < 4.78 is 40.9. The second-order valence-electron chi connectivity index (χ2n) is 3.73. The van der Waals surface area contributed by atoms with Crippen LogP contribution in [0.4, 0.5) is 13.2 Å². The minimum Gasteiger partial charge on any atom is -0.444 e. The molecule has 0 saturated carbocycles. The van der Waals surface area contributed by atoms with Gasteiger partial charge < -0.3 is 4.74 Å². The van der Waals surface area contributed by atoms with Gasteiger partial charge in [0, 0.05) is 11.1 Å². The lowest BCUT2D eigenvalue weighted by Gasteiger charge is -2.17. The molecule has 4 nitrogen and oxygen atoms in total. The Kier molecular flexibility index (Phi) is 5.82. The average molecular weight is 304 g/mol. The Hall–Kier alpha value is -1.75. The molecule has 108 valence electrons. The van der Waals surface area contributed by atoms with Gasteiger partial charge in [0.05, 0.1) is 0 Å². The number of nitrogens with zero attached hydrogens (tertiary/aromatic N) is 2. The quantitative estimate of drug-likeness (QED) is 0.474. The van der Waals surface area contributed by atoms with Crippen LogP contribution in [0.25, 0.3) is 0 Å². The zero-order chi connectivity index (χ0) is 15.2. The van der Waals surface area contributed by atoms with E-state index in [-0.39, 0.29) is 12.1 Å². The predicted octanol–water partition coefficient (Wildman–Crippen LogP) is 3.28. The Morgan fingerprint density at radius 1 is 1.55 bits per heavy atom. The number of hydrogen-bond donors (Lipinski definition) is 0. The van der Waals surface area contributed by atoms with Crippen LogP contribution >= 0.6 is 11.8 Å². The Morgan fingerprint density at radius 2 is 2.25 bits per heavy atom. The Morgan fingerprint density at radius 3 is 2.70 bits per heavy atom. The van der Waals surface area contributed by atoms with Crippen LogP contribution in [0.3, 0.4) is 0 Å². The molecule has 1 aromatic rings. The van der Waals surface area contributed by atoms with Crippen molar-refractivity contribution in [2.45, 2.75) is 36.3 Å². The molecule has 0 saturated heterocycles. The maximum Gasteiger partial charge on any atom is 0.490 e. The third-order valence-electron chi connectivity index (χ3n) is 2.11. The molecule has 0 aliphatic carbocycles. The SMILES string of the molecule is CCCC(OC(=O)C(F)(F)F)Sc1ccc(C#N)nc1. The molecule has 0 aliphatic heterocycles. The van der Waals surface area contributed by atoms with E-state index in [0.29, 0.717) is 11.3 Å². The molecule has 1 aromatic heterocycles. The first-order valence-corrected chi connectivity index (χ1v) is 6.55. The Balaban J connectivity index is 2.71. The van der Waals surface area contributed by atoms with Gasteiger partial charge in [0.25, 0.3) is 0 Å². The molecule has 0 aliphatic rings. The number of pyridine rings is 1. The summed E-state index contributed by atoms with van der Waals surface area (Å²) in [6, 6.07) is 4.81. The third kappa shape index (κ3) is 5.09. The largest absolute Gasteiger partial charge is 0.490 e. The zero-order valence-corrected chi connectivity index (χ0v) is 11.3. The number of hydrogen-bond acceptors (Lipinski definition) is 5. The molecule has 20 heavy (non-hydrogen) atoms. The first kappa shape index (κ1) is 16.3. The van der Waals surface area contributed by atoms with Crippen molar-refractivity contribution in [3.63, 3.8) is 0 Å². The fourth-order valence-corrected chi connectivity index (χ4v) is 2.28. The lowest BCUT2D eigenvalue weighted by Crippen LogP contribution is -2.28. The molecule has 1 rings (SSSR count). The molecular formula is C12H11F3N2O2S. The highest BCUT2D eigenvalue weighted by molar-refractivity contribution is 7.99. The number of carbonyl (C=O) groups is 1. The van der Waals surface area contributed by atoms with Crippen LogP contribution in [0.15, 0.2) is 23.2 Å². The number of aromatic nitrogens is 1. The lowest BCUT2D eigenvalue weighted by atomic mass is 10.3. The van der Waals surface area contributed by atoms with Gasteiger partial charge in [-0.05, 0) is 18.6 Å². The van der Waals surface area contributed by atoms with Crippen molar-refractivity contribution < 1.29 is 22.7 Å². The molecule has 0 amide bonds. The molecule has 0 bridgehead atoms. The first-order valence-electron chi connectivity index (χ1n) is 5.67. The fourth-order valence-electron chi connectivity index (χ4n) is 1.23. The second-order valence-corrected chi connectivity index (χ2v) is 4.96. The number of alkyl halides is 3. The smallest absolute Gasteiger partial charge is 0.444 e. The lowest BCUT2D eigenvalue weighted by molar-refractivity contribution is -0.201. The van der Waals surface area contributed by atoms with Gasteiger partial charge in [-0.3, -0.25) is 0 Å². The summed E-state index contributed by atoms with van der Waals surface area (Å²) in [4.78, 5) is 15.1. The van der Waals surface area contributed by atoms with E-state index in [1.54, 1.807) is 13.0 Å². The first-order chi connectivity index (χ1) is 9.36. The highest BCUT2D eigenvalue weighted by atomic mass is 32.2. The topological polar surface area (TPSA) is 63.0 Å². The van der Waals surface area contributed by atoms with Crippen LogP contribution < -0.4 is 0 Å². The molecule has 8 heteroatoms. The van der Waals surface area contributed by atoms with E-state index in [1.807, 2.05) is 6.07 Å². The zero-order valence-electron chi connectivity index (χ0n) is 10.5. The Bertz CT molecular complexity index is 497. The van der Waals surface area contributed by atoms with Crippen molar-refractivity contribution in [1.82, 2.24) is 4.98 Å². The number of esters is 1. The predicted molar refractivity (Wildman–Crippen MR) is 65.7 cm³/mol. The van der Waals surface area contributed by atoms with E-state index < -0.39 is 17.6 Å². The number of thioether (sulfide) groups is 1. The number of ether oxygens (including phenoxy) is 1. The van der Waals surface area contributed by atoms with Crippen molar-refractivity contribution in [1.29, 1.82) is 5.26 Å². The van der Waals surface area contributed by atoms with Crippen LogP contribution in [-0.2, 0) is 9.53 Å². The summed E-state index contributed by atoms with van der Waals surface area (Å²) in [5, 5.41) is 8.59. The summed E-state index contributed by atoms with van der Waals surface area (Å²) in [5.41, 5.74) is -0.738. The average Bonchev–Trinajstić information content (AvgIpc) is 2.38. The van der Waals surface area contributed by atoms with Crippen LogP contribution in [0, 0.1) is 11.3 Å². The standard InChI is InChI=1S/C12H11F3N2O2S/c1-2-3-10(19-11(18)12(13,14)15)20-9-5-4-8(6-16)17-7-9/h4-5,7,10H,2-3H2,1H3. The minimum absolute atomic E-state index is 0.202. The van der Waals surface area contributed by atoms with Crippen LogP contribution in [0.1, 0.15) is 25.5 Å². The van der Waals surface area contributed by atoms with Crippen molar-refractivity contribution in [3.8, 4) is 6.07 Å². The summed E-state index contributed by atoms with van der Waals surface area (Å²) in [7, 11) is 0. The highest BCUT2D eigenvalue weighted by Gasteiger charge is 2.42. The second kappa shape index (κ2) is 7.14. The Labute approximate surface area is 117 Å². The van der Waals surface area contributed by atoms with Crippen molar-refractivity contribution in [2.75, 3.05) is 0 Å². The van der Waals surface area contributed by atoms with Crippen molar-refractivity contribution >= 4 is 17.7 Å². The highest BCUT2D eigenvalue weighted by Crippen LogP contribution is 2.29. The number of halogens is 3. The van der Waals surface area contributed by atoms with Crippen molar-refractivity contribution in [2.24, 2.45) is 0 Å². The summed E-state index contributed by atoms with van der Waals surface area (Å²) >= 11 is 0.962. The number of nitriles is 1. The fraction of sp³-hybridized carbons (Fsp3) is 0.417. The van der Waals surface area contributed by atoms with Crippen LogP contribution in [-0.4, -0.2) is 22.6 Å². The van der Waals surface area contributed by atoms with Gasteiger partial charge in [-0.2, -0.15) is 18.4 Å². The number of rotatable bonds is 5. The molecule has 0 spiro atoms. The molecule has 0 radical (unpaired) electrons. The van der Waals surface area contributed by atoms with E-state index in [0.717, 1.165) is 11.8 Å². The van der Waals surface area contributed by atoms with E-state index in [9.17, 15) is 18.0 Å². The van der Waals surface area contributed by atoms with Gasteiger partial charge in [-0.25, -0.2) is 9.78 Å². The number of carbonyl (C=O) groups excluding carboxylic acids is 1. The monoisotopic (exact) mass is 304 g/mol. The molecule has 0 aromatic carbocycles. The maximum absolute atomic E-state index is 12.2.